The second-order valence-electron chi connectivity index (χ2n) is 8.89. The van der Waals surface area contributed by atoms with Crippen molar-refractivity contribution >= 4 is 23.5 Å². The lowest BCUT2D eigenvalue weighted by Gasteiger charge is -2.18. The molecule has 0 bridgehead atoms. The molecule has 0 saturated carbocycles. The summed E-state index contributed by atoms with van der Waals surface area (Å²) in [5, 5.41) is 12.9. The second kappa shape index (κ2) is 11.8. The van der Waals surface area contributed by atoms with Crippen LogP contribution in [0, 0.1) is 5.82 Å². The normalized spacial score (nSPS) is 12.1. The summed E-state index contributed by atoms with van der Waals surface area (Å²) in [6.45, 7) is 0. The van der Waals surface area contributed by atoms with E-state index in [-0.39, 0.29) is 22.8 Å². The van der Waals surface area contributed by atoms with E-state index >= 15 is 0 Å². The van der Waals surface area contributed by atoms with Gasteiger partial charge in [-0.15, -0.1) is 0 Å². The summed E-state index contributed by atoms with van der Waals surface area (Å²) in [4.78, 5) is 25.6. The van der Waals surface area contributed by atoms with Gasteiger partial charge in [-0.1, -0.05) is 60.1 Å². The highest BCUT2D eigenvalue weighted by atomic mass is 35.5. The van der Waals surface area contributed by atoms with Gasteiger partial charge < -0.3 is 15.2 Å². The maximum Gasteiger partial charge on any atom is 0.416 e. The number of ether oxygens (including phenoxy) is 1. The Hall–Kier alpha value is -4.37. The summed E-state index contributed by atoms with van der Waals surface area (Å²) in [7, 11) is 1.17. The number of amides is 1. The maximum atomic E-state index is 13.5. The van der Waals surface area contributed by atoms with Crippen molar-refractivity contribution in [2.24, 2.45) is 0 Å². The number of rotatable bonds is 7. The van der Waals surface area contributed by atoms with Gasteiger partial charge in [0, 0.05) is 6.42 Å². The Labute approximate surface area is 232 Å². The van der Waals surface area contributed by atoms with Crippen molar-refractivity contribution in [2.75, 3.05) is 7.11 Å². The zero-order valence-electron chi connectivity index (χ0n) is 20.9. The highest BCUT2D eigenvalue weighted by Gasteiger charge is 2.30. The molecule has 0 fully saturated rings. The molecular weight excluding hydrogens is 550 g/mol. The number of methoxy groups -OCH3 is 1. The van der Waals surface area contributed by atoms with E-state index in [4.69, 9.17) is 16.3 Å². The Bertz CT molecular complexity index is 1540. The van der Waals surface area contributed by atoms with Gasteiger partial charge in [0.25, 0.3) is 5.91 Å². The number of phenols is 1. The smallest absolute Gasteiger partial charge is 0.416 e. The molecule has 0 spiro atoms. The number of carbonyl (C=O) groups is 2. The average Bonchev–Trinajstić information content (AvgIpc) is 2.94. The fourth-order valence-electron chi connectivity index (χ4n) is 4.07. The van der Waals surface area contributed by atoms with Crippen LogP contribution in [-0.2, 0) is 22.1 Å². The van der Waals surface area contributed by atoms with E-state index in [9.17, 15) is 32.3 Å². The Morgan fingerprint density at radius 2 is 1.43 bits per heavy atom. The van der Waals surface area contributed by atoms with Crippen LogP contribution < -0.4 is 5.32 Å². The molecule has 0 aromatic heterocycles. The third-order valence-corrected chi connectivity index (χ3v) is 6.51. The molecule has 4 aromatic carbocycles. The van der Waals surface area contributed by atoms with E-state index in [1.54, 1.807) is 30.3 Å². The van der Waals surface area contributed by atoms with Crippen molar-refractivity contribution in [2.45, 2.75) is 18.6 Å². The predicted octanol–water partition coefficient (Wildman–Crippen LogP) is 7.05. The summed E-state index contributed by atoms with van der Waals surface area (Å²) < 4.78 is 57.0. The zero-order chi connectivity index (χ0) is 29.0. The minimum Gasteiger partial charge on any atom is -0.507 e. The van der Waals surface area contributed by atoms with E-state index in [0.29, 0.717) is 22.3 Å². The van der Waals surface area contributed by atoms with Gasteiger partial charge in [0.1, 0.15) is 17.6 Å². The lowest BCUT2D eigenvalue weighted by Crippen LogP contribution is -2.43. The summed E-state index contributed by atoms with van der Waals surface area (Å²) >= 11 is 5.87. The molecular formula is C30H22ClF4NO4. The van der Waals surface area contributed by atoms with Gasteiger partial charge in [-0.05, 0) is 64.2 Å². The SMILES string of the molecule is COC(=O)[C@H](Cc1ccc(-c2ccc(F)c(Cl)c2)cc1)NC(=O)c1cc(-c2ccc(C(F)(F)F)cc2)ccc1O. The molecule has 1 amide bonds. The number of hydrogen-bond donors (Lipinski definition) is 2. The van der Waals surface area contributed by atoms with Gasteiger partial charge in [-0.25, -0.2) is 9.18 Å². The molecule has 4 rings (SSSR count). The molecule has 0 aliphatic heterocycles. The van der Waals surface area contributed by atoms with Crippen LogP contribution in [0.15, 0.2) is 84.9 Å². The van der Waals surface area contributed by atoms with Gasteiger partial charge in [0.15, 0.2) is 0 Å². The Morgan fingerprint density at radius 3 is 2.00 bits per heavy atom. The molecule has 0 saturated heterocycles. The highest BCUT2D eigenvalue weighted by Crippen LogP contribution is 2.32. The third-order valence-electron chi connectivity index (χ3n) is 6.22. The van der Waals surface area contributed by atoms with Crippen molar-refractivity contribution in [3.8, 4) is 28.0 Å². The van der Waals surface area contributed by atoms with E-state index < -0.39 is 35.5 Å². The van der Waals surface area contributed by atoms with Crippen LogP contribution in [0.2, 0.25) is 5.02 Å². The van der Waals surface area contributed by atoms with Crippen LogP contribution in [0.1, 0.15) is 21.5 Å². The third kappa shape index (κ3) is 6.60. The number of nitrogens with one attached hydrogen (secondary N) is 1. The van der Waals surface area contributed by atoms with Crippen molar-refractivity contribution in [3.05, 3.63) is 112 Å². The molecule has 10 heteroatoms. The van der Waals surface area contributed by atoms with Crippen LogP contribution in [0.25, 0.3) is 22.3 Å². The Kier molecular flexibility index (Phi) is 8.44. The van der Waals surface area contributed by atoms with Gasteiger partial charge in [-0.3, -0.25) is 4.79 Å². The number of phenolic OH excluding ortho intramolecular Hbond substituents is 1. The van der Waals surface area contributed by atoms with Crippen LogP contribution >= 0.6 is 11.6 Å². The van der Waals surface area contributed by atoms with E-state index in [0.717, 1.165) is 17.7 Å². The molecule has 206 valence electrons. The zero-order valence-corrected chi connectivity index (χ0v) is 21.7. The number of carbonyl (C=O) groups excluding carboxylic acids is 2. The summed E-state index contributed by atoms with van der Waals surface area (Å²) in [5.41, 5.74) is 1.93. The first kappa shape index (κ1) is 28.6. The molecule has 0 aliphatic carbocycles. The summed E-state index contributed by atoms with van der Waals surface area (Å²) in [5.74, 6) is -2.41. The number of esters is 1. The van der Waals surface area contributed by atoms with Crippen LogP contribution in [0.4, 0.5) is 17.6 Å². The van der Waals surface area contributed by atoms with Crippen LogP contribution in [0.5, 0.6) is 5.75 Å². The van der Waals surface area contributed by atoms with Crippen molar-refractivity contribution in [3.63, 3.8) is 0 Å². The number of halogens is 5. The number of alkyl halides is 3. The minimum atomic E-state index is -4.49. The lowest BCUT2D eigenvalue weighted by atomic mass is 9.99. The molecule has 5 nitrogen and oxygen atoms in total. The molecule has 0 radical (unpaired) electrons. The van der Waals surface area contributed by atoms with Gasteiger partial charge in [0.2, 0.25) is 0 Å². The fraction of sp³-hybridized carbons (Fsp3) is 0.133. The van der Waals surface area contributed by atoms with Crippen molar-refractivity contribution in [1.82, 2.24) is 5.32 Å². The number of aromatic hydroxyl groups is 1. The largest absolute Gasteiger partial charge is 0.507 e. The first-order valence-electron chi connectivity index (χ1n) is 11.9. The molecule has 0 heterocycles. The highest BCUT2D eigenvalue weighted by molar-refractivity contribution is 6.31. The monoisotopic (exact) mass is 571 g/mol. The van der Waals surface area contributed by atoms with Gasteiger partial charge in [-0.2, -0.15) is 13.2 Å². The number of benzene rings is 4. The number of hydrogen-bond acceptors (Lipinski definition) is 4. The summed E-state index contributed by atoms with van der Waals surface area (Å²) in [6.07, 6.45) is -4.43. The molecule has 2 N–H and O–H groups in total. The van der Waals surface area contributed by atoms with E-state index in [2.05, 4.69) is 5.32 Å². The quantitative estimate of drug-likeness (QED) is 0.184. The second-order valence-corrected chi connectivity index (χ2v) is 9.29. The van der Waals surface area contributed by atoms with Crippen LogP contribution in [0.3, 0.4) is 0 Å². The molecule has 40 heavy (non-hydrogen) atoms. The summed E-state index contributed by atoms with van der Waals surface area (Å²) in [6, 6.07) is 18.6. The maximum absolute atomic E-state index is 13.5. The first-order valence-corrected chi connectivity index (χ1v) is 12.3. The predicted molar refractivity (Wildman–Crippen MR) is 142 cm³/mol. The topological polar surface area (TPSA) is 75.6 Å². The fourth-order valence-corrected chi connectivity index (χ4v) is 4.25. The van der Waals surface area contributed by atoms with Crippen molar-refractivity contribution < 1.29 is 37.0 Å². The van der Waals surface area contributed by atoms with E-state index in [1.165, 1.54) is 49.6 Å². The molecule has 1 atom stereocenters. The minimum absolute atomic E-state index is 0.0133. The molecule has 0 aliphatic rings. The van der Waals surface area contributed by atoms with Gasteiger partial charge >= 0.3 is 12.1 Å². The van der Waals surface area contributed by atoms with Crippen molar-refractivity contribution in [1.29, 1.82) is 0 Å². The first-order chi connectivity index (χ1) is 19.0. The Balaban J connectivity index is 1.53. The van der Waals surface area contributed by atoms with E-state index in [1.807, 2.05) is 0 Å². The molecule has 4 aromatic rings. The van der Waals surface area contributed by atoms with Crippen LogP contribution in [-0.4, -0.2) is 30.1 Å². The lowest BCUT2D eigenvalue weighted by molar-refractivity contribution is -0.143. The standard InChI is InChI=1S/C30H22ClF4NO4/c1-40-29(39)26(14-17-2-4-18(5-3-17)21-8-12-25(32)24(31)16-21)36-28(38)23-15-20(9-13-27(23)37)19-6-10-22(11-7-19)30(33,34)35/h2-13,15-16,26,37H,14H2,1H3,(H,36,38)/t26-/m0/s1. The average molecular weight is 572 g/mol. The Morgan fingerprint density at radius 1 is 0.875 bits per heavy atom. The molecule has 0 unspecified atom stereocenters. The van der Waals surface area contributed by atoms with Gasteiger partial charge in [0.05, 0.1) is 23.3 Å².